The fraction of sp³-hybridized carbons (Fsp3) is 0.538. The molecule has 0 aliphatic carbocycles. The molecule has 0 aliphatic heterocycles. The highest BCUT2D eigenvalue weighted by atomic mass is 127. The molecule has 1 rings (SSSR count). The zero-order valence-corrected chi connectivity index (χ0v) is 12.1. The van der Waals surface area contributed by atoms with Crippen LogP contribution in [0.4, 0.5) is 5.69 Å². The van der Waals surface area contributed by atoms with Crippen LogP contribution in [0.2, 0.25) is 0 Å². The molecule has 0 heterocycles. The Hall–Kier alpha value is -0.250. The topological polar surface area (TPSA) is 12.0 Å². The molecule has 1 aromatic carbocycles. The molecule has 0 radical (unpaired) electrons. The SMILES string of the molecule is CCC(C)C(C)Nc1ccc(C)c(I)c1. The minimum Gasteiger partial charge on any atom is -0.382 e. The Morgan fingerprint density at radius 3 is 2.53 bits per heavy atom. The molecule has 0 aliphatic rings. The third-order valence-corrected chi connectivity index (χ3v) is 4.23. The van der Waals surface area contributed by atoms with Crippen LogP contribution in [0, 0.1) is 16.4 Å². The molecule has 2 unspecified atom stereocenters. The third-order valence-electron chi connectivity index (χ3n) is 3.06. The van der Waals surface area contributed by atoms with Gasteiger partial charge in [0.05, 0.1) is 0 Å². The molecule has 0 saturated heterocycles. The van der Waals surface area contributed by atoms with E-state index in [1.807, 2.05) is 0 Å². The van der Waals surface area contributed by atoms with Gasteiger partial charge < -0.3 is 5.32 Å². The molecule has 0 saturated carbocycles. The average molecular weight is 317 g/mol. The summed E-state index contributed by atoms with van der Waals surface area (Å²) in [5.41, 5.74) is 2.58. The number of hydrogen-bond acceptors (Lipinski definition) is 1. The second-order valence-corrected chi connectivity index (χ2v) is 5.44. The van der Waals surface area contributed by atoms with E-state index in [0.717, 1.165) is 0 Å². The summed E-state index contributed by atoms with van der Waals surface area (Å²) >= 11 is 2.38. The van der Waals surface area contributed by atoms with E-state index in [1.165, 1.54) is 21.2 Å². The van der Waals surface area contributed by atoms with Crippen LogP contribution in [0.25, 0.3) is 0 Å². The predicted molar refractivity (Wildman–Crippen MR) is 76.4 cm³/mol. The molecule has 2 heteroatoms. The summed E-state index contributed by atoms with van der Waals surface area (Å²) in [5.74, 6) is 0.712. The number of rotatable bonds is 4. The zero-order valence-electron chi connectivity index (χ0n) is 9.97. The van der Waals surface area contributed by atoms with E-state index in [-0.39, 0.29) is 0 Å². The highest BCUT2D eigenvalue weighted by Crippen LogP contribution is 2.19. The Bertz CT molecular complexity index is 322. The van der Waals surface area contributed by atoms with Gasteiger partial charge in [0.2, 0.25) is 0 Å². The Kier molecular flexibility index (Phi) is 4.90. The molecule has 1 N–H and O–H groups in total. The molecule has 1 aromatic rings. The van der Waals surface area contributed by atoms with Crippen molar-refractivity contribution < 1.29 is 0 Å². The maximum atomic E-state index is 3.56. The monoisotopic (exact) mass is 317 g/mol. The molecular weight excluding hydrogens is 297 g/mol. The van der Waals surface area contributed by atoms with Crippen molar-refractivity contribution in [1.29, 1.82) is 0 Å². The molecule has 0 bridgehead atoms. The maximum Gasteiger partial charge on any atom is 0.0353 e. The first-order valence-corrected chi connectivity index (χ1v) is 6.65. The Morgan fingerprint density at radius 2 is 2.00 bits per heavy atom. The zero-order chi connectivity index (χ0) is 11.4. The van der Waals surface area contributed by atoms with Crippen molar-refractivity contribution in [3.8, 4) is 0 Å². The summed E-state index contributed by atoms with van der Waals surface area (Å²) in [6.07, 6.45) is 1.22. The number of aryl methyl sites for hydroxylation is 1. The van der Waals surface area contributed by atoms with Gasteiger partial charge in [0.25, 0.3) is 0 Å². The van der Waals surface area contributed by atoms with E-state index < -0.39 is 0 Å². The second kappa shape index (κ2) is 5.73. The first-order valence-electron chi connectivity index (χ1n) is 5.57. The largest absolute Gasteiger partial charge is 0.382 e. The van der Waals surface area contributed by atoms with Gasteiger partial charge in [0.15, 0.2) is 0 Å². The van der Waals surface area contributed by atoms with Crippen LogP contribution in [0.1, 0.15) is 32.8 Å². The quantitative estimate of drug-likeness (QED) is 0.809. The van der Waals surface area contributed by atoms with Gasteiger partial charge in [-0.15, -0.1) is 0 Å². The average Bonchev–Trinajstić information content (AvgIpc) is 2.22. The molecular formula is C13H20IN. The standard InChI is InChI=1S/C13H20IN/c1-5-9(2)11(4)15-12-7-6-10(3)13(14)8-12/h6-9,11,15H,5H2,1-4H3. The summed E-state index contributed by atoms with van der Waals surface area (Å²) in [6.45, 7) is 8.92. The van der Waals surface area contributed by atoms with Crippen molar-refractivity contribution >= 4 is 28.3 Å². The molecule has 0 amide bonds. The third kappa shape index (κ3) is 3.67. The first-order chi connectivity index (χ1) is 7.04. The molecule has 84 valence electrons. The number of hydrogen-bond donors (Lipinski definition) is 1. The van der Waals surface area contributed by atoms with Gasteiger partial charge in [-0.05, 0) is 60.1 Å². The fourth-order valence-corrected chi connectivity index (χ4v) is 1.96. The summed E-state index contributed by atoms with van der Waals surface area (Å²) in [6, 6.07) is 7.09. The Morgan fingerprint density at radius 1 is 1.33 bits per heavy atom. The highest BCUT2D eigenvalue weighted by Gasteiger charge is 2.09. The Labute approximate surface area is 107 Å². The van der Waals surface area contributed by atoms with Crippen molar-refractivity contribution in [2.45, 2.75) is 40.2 Å². The van der Waals surface area contributed by atoms with Crippen LogP contribution in [0.3, 0.4) is 0 Å². The lowest BCUT2D eigenvalue weighted by Gasteiger charge is -2.21. The number of anilines is 1. The van der Waals surface area contributed by atoms with Crippen molar-refractivity contribution in [3.63, 3.8) is 0 Å². The maximum absolute atomic E-state index is 3.56. The fourth-order valence-electron chi connectivity index (χ4n) is 1.44. The van der Waals surface area contributed by atoms with E-state index in [9.17, 15) is 0 Å². The summed E-state index contributed by atoms with van der Waals surface area (Å²) in [4.78, 5) is 0. The van der Waals surface area contributed by atoms with Gasteiger partial charge in [0, 0.05) is 15.3 Å². The first kappa shape index (κ1) is 12.8. The highest BCUT2D eigenvalue weighted by molar-refractivity contribution is 14.1. The van der Waals surface area contributed by atoms with E-state index in [2.05, 4.69) is 73.8 Å². The molecule has 1 nitrogen and oxygen atoms in total. The minimum absolute atomic E-state index is 0.536. The van der Waals surface area contributed by atoms with Crippen LogP contribution in [-0.4, -0.2) is 6.04 Å². The van der Waals surface area contributed by atoms with Crippen molar-refractivity contribution in [2.75, 3.05) is 5.32 Å². The van der Waals surface area contributed by atoms with Crippen molar-refractivity contribution in [1.82, 2.24) is 0 Å². The summed E-state index contributed by atoms with van der Waals surface area (Å²) in [5, 5.41) is 3.56. The van der Waals surface area contributed by atoms with Gasteiger partial charge in [-0.3, -0.25) is 0 Å². The van der Waals surface area contributed by atoms with Gasteiger partial charge in [-0.2, -0.15) is 0 Å². The van der Waals surface area contributed by atoms with E-state index in [1.54, 1.807) is 0 Å². The Balaban J connectivity index is 2.68. The molecule has 0 spiro atoms. The summed E-state index contributed by atoms with van der Waals surface area (Å²) in [7, 11) is 0. The van der Waals surface area contributed by atoms with Crippen LogP contribution in [0.15, 0.2) is 18.2 Å². The van der Waals surface area contributed by atoms with Gasteiger partial charge in [-0.1, -0.05) is 26.3 Å². The summed E-state index contributed by atoms with van der Waals surface area (Å²) < 4.78 is 1.33. The lowest BCUT2D eigenvalue weighted by atomic mass is 10.0. The van der Waals surface area contributed by atoms with Gasteiger partial charge >= 0.3 is 0 Å². The molecule has 0 aromatic heterocycles. The lowest BCUT2D eigenvalue weighted by Crippen LogP contribution is -2.23. The molecule has 2 atom stereocenters. The normalized spacial score (nSPS) is 14.7. The molecule has 0 fully saturated rings. The van der Waals surface area contributed by atoms with E-state index >= 15 is 0 Å². The second-order valence-electron chi connectivity index (χ2n) is 4.28. The molecule has 15 heavy (non-hydrogen) atoms. The van der Waals surface area contributed by atoms with Gasteiger partial charge in [-0.25, -0.2) is 0 Å². The van der Waals surface area contributed by atoms with Crippen molar-refractivity contribution in [2.24, 2.45) is 5.92 Å². The van der Waals surface area contributed by atoms with Crippen LogP contribution in [0.5, 0.6) is 0 Å². The van der Waals surface area contributed by atoms with E-state index in [0.29, 0.717) is 12.0 Å². The smallest absolute Gasteiger partial charge is 0.0353 e. The number of benzene rings is 1. The lowest BCUT2D eigenvalue weighted by molar-refractivity contribution is 0.494. The minimum atomic E-state index is 0.536. The predicted octanol–water partition coefficient (Wildman–Crippen LogP) is 4.45. The van der Waals surface area contributed by atoms with Crippen LogP contribution >= 0.6 is 22.6 Å². The van der Waals surface area contributed by atoms with Gasteiger partial charge in [0.1, 0.15) is 0 Å². The van der Waals surface area contributed by atoms with Crippen molar-refractivity contribution in [3.05, 3.63) is 27.3 Å². The number of halogens is 1. The van der Waals surface area contributed by atoms with Crippen LogP contribution in [-0.2, 0) is 0 Å². The number of nitrogens with one attached hydrogen (secondary N) is 1. The van der Waals surface area contributed by atoms with Crippen LogP contribution < -0.4 is 5.32 Å². The van der Waals surface area contributed by atoms with E-state index in [4.69, 9.17) is 0 Å².